The molecule has 2 rings (SSSR count). The topological polar surface area (TPSA) is 49.4 Å². The second-order valence-electron chi connectivity index (χ2n) is 5.71. The highest BCUT2D eigenvalue weighted by Gasteiger charge is 2.12. The molecular formula is C17H21FN2O2S. The van der Waals surface area contributed by atoms with Crippen LogP contribution in [0.5, 0.6) is 0 Å². The maximum absolute atomic E-state index is 12.9. The van der Waals surface area contributed by atoms with Crippen LogP contribution in [-0.2, 0) is 28.9 Å². The Morgan fingerprint density at radius 2 is 1.61 bits per heavy atom. The van der Waals surface area contributed by atoms with E-state index >= 15 is 0 Å². The molecule has 4 nitrogen and oxygen atoms in total. The Bertz CT molecular complexity index is 743. The van der Waals surface area contributed by atoms with Crippen LogP contribution in [0.1, 0.15) is 16.7 Å². The third-order valence-electron chi connectivity index (χ3n) is 3.36. The van der Waals surface area contributed by atoms with Crippen LogP contribution in [-0.4, -0.2) is 27.4 Å². The smallest absolute Gasteiger partial charge is 0.216 e. The molecule has 0 spiro atoms. The third kappa shape index (κ3) is 5.74. The fourth-order valence-corrected chi connectivity index (χ4v) is 3.37. The van der Waals surface area contributed by atoms with Crippen molar-refractivity contribution in [3.63, 3.8) is 0 Å². The van der Waals surface area contributed by atoms with E-state index in [1.807, 2.05) is 43.3 Å². The molecule has 2 aromatic carbocycles. The summed E-state index contributed by atoms with van der Waals surface area (Å²) < 4.78 is 39.8. The molecule has 23 heavy (non-hydrogen) atoms. The van der Waals surface area contributed by atoms with Gasteiger partial charge in [-0.05, 0) is 42.9 Å². The van der Waals surface area contributed by atoms with Crippen molar-refractivity contribution in [1.29, 1.82) is 0 Å². The van der Waals surface area contributed by atoms with E-state index in [9.17, 15) is 12.8 Å². The van der Waals surface area contributed by atoms with Gasteiger partial charge in [0.2, 0.25) is 10.0 Å². The molecule has 0 radical (unpaired) electrons. The summed E-state index contributed by atoms with van der Waals surface area (Å²) in [5.74, 6) is -0.542. The number of halogens is 1. The summed E-state index contributed by atoms with van der Waals surface area (Å²) in [6, 6.07) is 13.2. The normalized spacial score (nSPS) is 11.8. The molecule has 124 valence electrons. The van der Waals surface area contributed by atoms with Crippen molar-refractivity contribution in [3.8, 4) is 0 Å². The van der Waals surface area contributed by atoms with Gasteiger partial charge in [0.05, 0.1) is 5.75 Å². The Hall–Kier alpha value is -1.76. The van der Waals surface area contributed by atoms with Crippen molar-refractivity contribution in [2.45, 2.75) is 18.8 Å². The zero-order chi connectivity index (χ0) is 16.9. The largest absolute Gasteiger partial charge is 0.305 e. The van der Waals surface area contributed by atoms with Crippen LogP contribution in [0.2, 0.25) is 0 Å². The average Bonchev–Trinajstić information content (AvgIpc) is 2.48. The molecule has 0 saturated heterocycles. The van der Waals surface area contributed by atoms with Crippen LogP contribution in [0.15, 0.2) is 48.5 Å². The number of rotatable bonds is 7. The maximum Gasteiger partial charge on any atom is 0.216 e. The van der Waals surface area contributed by atoms with Crippen LogP contribution >= 0.6 is 0 Å². The number of nitrogens with one attached hydrogen (secondary N) is 1. The van der Waals surface area contributed by atoms with Crippen molar-refractivity contribution >= 4 is 10.0 Å². The number of nitrogens with zero attached hydrogens (tertiary/aromatic N) is 1. The van der Waals surface area contributed by atoms with E-state index in [0.29, 0.717) is 5.56 Å². The van der Waals surface area contributed by atoms with Crippen LogP contribution in [0, 0.1) is 5.82 Å². The molecule has 0 aromatic heterocycles. The predicted molar refractivity (Wildman–Crippen MR) is 89.7 cm³/mol. The first-order valence-electron chi connectivity index (χ1n) is 7.29. The highest BCUT2D eigenvalue weighted by atomic mass is 32.2. The van der Waals surface area contributed by atoms with E-state index in [-0.39, 0.29) is 18.1 Å². The number of sulfonamides is 1. The fraction of sp³-hybridized carbons (Fsp3) is 0.294. The lowest BCUT2D eigenvalue weighted by Crippen LogP contribution is -2.25. The Morgan fingerprint density at radius 1 is 1.00 bits per heavy atom. The molecule has 0 fully saturated rings. The lowest BCUT2D eigenvalue weighted by Gasteiger charge is -2.14. The van der Waals surface area contributed by atoms with Gasteiger partial charge in [0, 0.05) is 13.1 Å². The van der Waals surface area contributed by atoms with Gasteiger partial charge >= 0.3 is 0 Å². The lowest BCUT2D eigenvalue weighted by atomic mass is 10.1. The molecular weight excluding hydrogens is 315 g/mol. The van der Waals surface area contributed by atoms with E-state index in [1.165, 1.54) is 24.3 Å². The molecule has 0 amide bonds. The van der Waals surface area contributed by atoms with Gasteiger partial charge in [-0.15, -0.1) is 0 Å². The summed E-state index contributed by atoms with van der Waals surface area (Å²) in [5.41, 5.74) is 2.59. The van der Waals surface area contributed by atoms with Crippen molar-refractivity contribution in [3.05, 3.63) is 71.0 Å². The minimum atomic E-state index is -3.48. The van der Waals surface area contributed by atoms with Gasteiger partial charge in [-0.3, -0.25) is 0 Å². The first-order valence-corrected chi connectivity index (χ1v) is 8.94. The lowest BCUT2D eigenvalue weighted by molar-refractivity contribution is 0.400. The number of hydrogen-bond acceptors (Lipinski definition) is 3. The van der Waals surface area contributed by atoms with Gasteiger partial charge < -0.3 is 4.90 Å². The fourth-order valence-electron chi connectivity index (χ4n) is 2.26. The molecule has 0 aliphatic heterocycles. The summed E-state index contributed by atoms with van der Waals surface area (Å²) in [6.45, 7) is 0.989. The predicted octanol–water partition coefficient (Wildman–Crippen LogP) is 2.51. The van der Waals surface area contributed by atoms with Gasteiger partial charge in [-0.25, -0.2) is 17.5 Å². The summed E-state index contributed by atoms with van der Waals surface area (Å²) in [4.78, 5) is 2.03. The third-order valence-corrected chi connectivity index (χ3v) is 4.65. The standard InChI is InChI=1S/C17H21FN2O2S/c1-20(2)12-16-6-4-3-5-15(16)11-19-23(21,22)13-14-7-9-17(18)10-8-14/h3-10,19H,11-13H2,1-2H3. The zero-order valence-corrected chi connectivity index (χ0v) is 14.1. The molecule has 0 aliphatic carbocycles. The summed E-state index contributed by atoms with van der Waals surface area (Å²) in [6.07, 6.45) is 0. The monoisotopic (exact) mass is 336 g/mol. The first-order chi connectivity index (χ1) is 10.9. The number of benzene rings is 2. The summed E-state index contributed by atoms with van der Waals surface area (Å²) in [5, 5.41) is 0. The van der Waals surface area contributed by atoms with Crippen molar-refractivity contribution in [2.24, 2.45) is 0 Å². The first kappa shape index (κ1) is 17.6. The summed E-state index contributed by atoms with van der Waals surface area (Å²) >= 11 is 0. The van der Waals surface area contributed by atoms with Crippen LogP contribution < -0.4 is 4.72 Å². The van der Waals surface area contributed by atoms with Crippen molar-refractivity contribution < 1.29 is 12.8 Å². The Balaban J connectivity index is 2.03. The molecule has 0 saturated carbocycles. The molecule has 6 heteroatoms. The Kier molecular flexibility index (Phi) is 5.87. The minimum absolute atomic E-state index is 0.164. The highest BCUT2D eigenvalue weighted by molar-refractivity contribution is 7.88. The number of hydrogen-bond donors (Lipinski definition) is 1. The molecule has 1 N–H and O–H groups in total. The van der Waals surface area contributed by atoms with Gasteiger partial charge in [0.15, 0.2) is 0 Å². The maximum atomic E-state index is 12.9. The van der Waals surface area contributed by atoms with Gasteiger partial charge in [0.25, 0.3) is 0 Å². The van der Waals surface area contributed by atoms with E-state index in [4.69, 9.17) is 0 Å². The Labute approximate surface area is 137 Å². The minimum Gasteiger partial charge on any atom is -0.305 e. The van der Waals surface area contributed by atoms with Crippen LogP contribution in [0.25, 0.3) is 0 Å². The summed E-state index contributed by atoms with van der Waals surface area (Å²) in [7, 11) is 0.459. The Morgan fingerprint density at radius 3 is 2.22 bits per heavy atom. The molecule has 0 atom stereocenters. The SMILES string of the molecule is CN(C)Cc1ccccc1CNS(=O)(=O)Cc1ccc(F)cc1. The molecule has 0 unspecified atom stereocenters. The molecule has 2 aromatic rings. The molecule has 0 heterocycles. The quantitative estimate of drug-likeness (QED) is 0.845. The van der Waals surface area contributed by atoms with E-state index < -0.39 is 10.0 Å². The van der Waals surface area contributed by atoms with Crippen molar-refractivity contribution in [2.75, 3.05) is 14.1 Å². The molecule has 0 bridgehead atoms. The van der Waals surface area contributed by atoms with Gasteiger partial charge in [-0.1, -0.05) is 36.4 Å². The second-order valence-corrected chi connectivity index (χ2v) is 7.52. The van der Waals surface area contributed by atoms with Crippen LogP contribution in [0.3, 0.4) is 0 Å². The van der Waals surface area contributed by atoms with Gasteiger partial charge in [0.1, 0.15) is 5.82 Å². The second kappa shape index (κ2) is 7.68. The van der Waals surface area contributed by atoms with Crippen LogP contribution in [0.4, 0.5) is 4.39 Å². The molecule has 0 aliphatic rings. The van der Waals surface area contributed by atoms with E-state index in [0.717, 1.165) is 17.7 Å². The average molecular weight is 336 g/mol. The zero-order valence-electron chi connectivity index (χ0n) is 13.3. The van der Waals surface area contributed by atoms with Crippen molar-refractivity contribution in [1.82, 2.24) is 9.62 Å². The highest BCUT2D eigenvalue weighted by Crippen LogP contribution is 2.12. The van der Waals surface area contributed by atoms with E-state index in [2.05, 4.69) is 4.72 Å². The van der Waals surface area contributed by atoms with E-state index in [1.54, 1.807) is 0 Å². The van der Waals surface area contributed by atoms with Gasteiger partial charge in [-0.2, -0.15) is 0 Å².